The van der Waals surface area contributed by atoms with Gasteiger partial charge >= 0.3 is 0 Å². The fourth-order valence-electron chi connectivity index (χ4n) is 2.56. The van der Waals surface area contributed by atoms with Crippen molar-refractivity contribution >= 4 is 29.9 Å². The molecule has 2 aromatic heterocycles. The van der Waals surface area contributed by atoms with E-state index in [-0.39, 0.29) is 36.3 Å². The van der Waals surface area contributed by atoms with Gasteiger partial charge in [0, 0.05) is 13.2 Å². The zero-order valence-electron chi connectivity index (χ0n) is 17.1. The number of guanidine groups is 1. The summed E-state index contributed by atoms with van der Waals surface area (Å²) in [5.41, 5.74) is 1.34. The lowest BCUT2D eigenvalue weighted by atomic mass is 10.2. The molecular formula is C20H25FIN7O. The molecule has 0 saturated heterocycles. The Kier molecular flexibility index (Phi) is 8.96. The SMILES string of the molecule is COc1ccc(CN=C(NCc2ncccc2F)NCc2nnc(C)n2C)cc1.I. The lowest BCUT2D eigenvalue weighted by Gasteiger charge is -2.13. The van der Waals surface area contributed by atoms with Crippen LogP contribution in [0.1, 0.15) is 22.9 Å². The van der Waals surface area contributed by atoms with E-state index < -0.39 is 0 Å². The van der Waals surface area contributed by atoms with Gasteiger partial charge in [-0.05, 0) is 36.8 Å². The molecule has 0 aliphatic rings. The van der Waals surface area contributed by atoms with Crippen molar-refractivity contribution in [3.05, 3.63) is 71.3 Å². The molecule has 0 bridgehead atoms. The predicted molar refractivity (Wildman–Crippen MR) is 123 cm³/mol. The van der Waals surface area contributed by atoms with Gasteiger partial charge in [-0.3, -0.25) is 4.98 Å². The van der Waals surface area contributed by atoms with Crippen molar-refractivity contribution in [3.63, 3.8) is 0 Å². The molecule has 10 heteroatoms. The Morgan fingerprint density at radius 1 is 1.13 bits per heavy atom. The third-order valence-electron chi connectivity index (χ3n) is 4.43. The molecule has 3 aromatic rings. The second-order valence-corrected chi connectivity index (χ2v) is 6.37. The molecular weight excluding hydrogens is 500 g/mol. The molecule has 0 radical (unpaired) electrons. The van der Waals surface area contributed by atoms with Crippen LogP contribution in [-0.4, -0.2) is 32.8 Å². The molecule has 0 saturated carbocycles. The summed E-state index contributed by atoms with van der Waals surface area (Å²) in [4.78, 5) is 8.65. The summed E-state index contributed by atoms with van der Waals surface area (Å²) in [6.07, 6.45) is 1.56. The highest BCUT2D eigenvalue weighted by atomic mass is 127. The van der Waals surface area contributed by atoms with Gasteiger partial charge in [-0.25, -0.2) is 9.38 Å². The Morgan fingerprint density at radius 2 is 1.87 bits per heavy atom. The minimum Gasteiger partial charge on any atom is -0.497 e. The van der Waals surface area contributed by atoms with Crippen LogP contribution < -0.4 is 15.4 Å². The van der Waals surface area contributed by atoms with Crippen LogP contribution in [0, 0.1) is 12.7 Å². The maximum atomic E-state index is 13.9. The number of aromatic nitrogens is 4. The minimum atomic E-state index is -0.363. The van der Waals surface area contributed by atoms with Crippen LogP contribution in [0.4, 0.5) is 4.39 Å². The van der Waals surface area contributed by atoms with Gasteiger partial charge in [0.2, 0.25) is 0 Å². The third-order valence-corrected chi connectivity index (χ3v) is 4.43. The first-order valence-electron chi connectivity index (χ1n) is 9.16. The van der Waals surface area contributed by atoms with Crippen LogP contribution in [-0.2, 0) is 26.7 Å². The summed E-state index contributed by atoms with van der Waals surface area (Å²) >= 11 is 0. The maximum Gasteiger partial charge on any atom is 0.192 e. The summed E-state index contributed by atoms with van der Waals surface area (Å²) in [6.45, 7) is 2.97. The molecule has 30 heavy (non-hydrogen) atoms. The van der Waals surface area contributed by atoms with Gasteiger partial charge in [-0.15, -0.1) is 34.2 Å². The number of hydrogen-bond donors (Lipinski definition) is 2. The zero-order chi connectivity index (χ0) is 20.6. The largest absolute Gasteiger partial charge is 0.497 e. The zero-order valence-corrected chi connectivity index (χ0v) is 19.4. The molecule has 0 aliphatic carbocycles. The number of aliphatic imine (C=N–C) groups is 1. The molecule has 0 amide bonds. The van der Waals surface area contributed by atoms with Crippen LogP contribution >= 0.6 is 24.0 Å². The van der Waals surface area contributed by atoms with Crippen molar-refractivity contribution in [1.82, 2.24) is 30.4 Å². The van der Waals surface area contributed by atoms with Gasteiger partial charge in [0.25, 0.3) is 0 Å². The molecule has 0 unspecified atom stereocenters. The fourth-order valence-corrected chi connectivity index (χ4v) is 2.56. The average molecular weight is 525 g/mol. The number of pyridine rings is 1. The molecule has 0 aliphatic heterocycles. The summed E-state index contributed by atoms with van der Waals surface area (Å²) in [7, 11) is 3.53. The number of rotatable bonds is 7. The van der Waals surface area contributed by atoms with E-state index in [1.807, 2.05) is 42.8 Å². The van der Waals surface area contributed by atoms with Crippen molar-refractivity contribution in [1.29, 1.82) is 0 Å². The van der Waals surface area contributed by atoms with Crippen molar-refractivity contribution in [2.75, 3.05) is 7.11 Å². The highest BCUT2D eigenvalue weighted by molar-refractivity contribution is 14.0. The van der Waals surface area contributed by atoms with Gasteiger partial charge in [-0.2, -0.15) is 0 Å². The second kappa shape index (κ2) is 11.4. The molecule has 0 spiro atoms. The van der Waals surface area contributed by atoms with E-state index in [1.165, 1.54) is 6.07 Å². The lowest BCUT2D eigenvalue weighted by Crippen LogP contribution is -2.37. The summed E-state index contributed by atoms with van der Waals surface area (Å²) < 4.78 is 20.9. The molecule has 0 atom stereocenters. The Labute approximate surface area is 192 Å². The first-order chi connectivity index (χ1) is 14.1. The van der Waals surface area contributed by atoms with Crippen molar-refractivity contribution < 1.29 is 9.13 Å². The van der Waals surface area contributed by atoms with Crippen LogP contribution in [0.3, 0.4) is 0 Å². The molecule has 160 valence electrons. The fraction of sp³-hybridized carbons (Fsp3) is 0.300. The van der Waals surface area contributed by atoms with Crippen molar-refractivity contribution in [3.8, 4) is 5.75 Å². The number of methoxy groups -OCH3 is 1. The number of hydrogen-bond acceptors (Lipinski definition) is 5. The van der Waals surface area contributed by atoms with Crippen LogP contribution in [0.15, 0.2) is 47.6 Å². The molecule has 3 rings (SSSR count). The van der Waals surface area contributed by atoms with Crippen molar-refractivity contribution in [2.24, 2.45) is 12.0 Å². The summed E-state index contributed by atoms with van der Waals surface area (Å²) in [6, 6.07) is 10.6. The first-order valence-corrected chi connectivity index (χ1v) is 9.16. The molecule has 2 N–H and O–H groups in total. The number of ether oxygens (including phenoxy) is 1. The Morgan fingerprint density at radius 3 is 2.50 bits per heavy atom. The lowest BCUT2D eigenvalue weighted by molar-refractivity contribution is 0.414. The average Bonchev–Trinajstić information content (AvgIpc) is 3.06. The van der Waals surface area contributed by atoms with Gasteiger partial charge in [0.15, 0.2) is 11.8 Å². The Balaban J connectivity index is 0.00000320. The number of aryl methyl sites for hydroxylation is 1. The third kappa shape index (κ3) is 6.37. The quantitative estimate of drug-likeness (QED) is 0.280. The normalized spacial score (nSPS) is 11.0. The van der Waals surface area contributed by atoms with E-state index in [0.29, 0.717) is 24.7 Å². The van der Waals surface area contributed by atoms with E-state index in [4.69, 9.17) is 4.74 Å². The molecule has 0 fully saturated rings. The Hall–Kier alpha value is -2.76. The molecule has 8 nitrogen and oxygen atoms in total. The van der Waals surface area contributed by atoms with Gasteiger partial charge in [0.05, 0.1) is 32.4 Å². The number of halogens is 2. The smallest absolute Gasteiger partial charge is 0.192 e. The van der Waals surface area contributed by atoms with E-state index in [2.05, 4.69) is 30.8 Å². The van der Waals surface area contributed by atoms with Gasteiger partial charge in [0.1, 0.15) is 17.4 Å². The molecule has 2 heterocycles. The van der Waals surface area contributed by atoms with Crippen molar-refractivity contribution in [2.45, 2.75) is 26.6 Å². The topological polar surface area (TPSA) is 89.2 Å². The van der Waals surface area contributed by atoms with Crippen LogP contribution in [0.5, 0.6) is 5.75 Å². The summed E-state index contributed by atoms with van der Waals surface area (Å²) in [5.74, 6) is 2.54. The highest BCUT2D eigenvalue weighted by Crippen LogP contribution is 2.12. The highest BCUT2D eigenvalue weighted by Gasteiger charge is 2.08. The minimum absolute atomic E-state index is 0. The summed E-state index contributed by atoms with van der Waals surface area (Å²) in [5, 5.41) is 14.5. The number of nitrogens with zero attached hydrogens (tertiary/aromatic N) is 5. The molecule has 1 aromatic carbocycles. The standard InChI is InChI=1S/C20H24FN7O.HI/c1-14-26-27-19(28(14)2)13-25-20(24-12-18-17(21)5-4-10-22-18)23-11-15-6-8-16(29-3)9-7-15;/h4-10H,11-13H2,1-3H3,(H2,23,24,25);1H. The maximum absolute atomic E-state index is 13.9. The number of benzene rings is 1. The van der Waals surface area contributed by atoms with E-state index in [0.717, 1.165) is 23.0 Å². The van der Waals surface area contributed by atoms with Crippen LogP contribution in [0.25, 0.3) is 0 Å². The van der Waals surface area contributed by atoms with Gasteiger partial charge < -0.3 is 19.9 Å². The first kappa shape index (κ1) is 23.5. The predicted octanol–water partition coefficient (Wildman–Crippen LogP) is 2.72. The van der Waals surface area contributed by atoms with Crippen LogP contribution in [0.2, 0.25) is 0 Å². The second-order valence-electron chi connectivity index (χ2n) is 6.37. The Bertz CT molecular complexity index is 976. The van der Waals surface area contributed by atoms with Gasteiger partial charge in [-0.1, -0.05) is 12.1 Å². The number of nitrogens with one attached hydrogen (secondary N) is 2. The monoisotopic (exact) mass is 525 g/mol. The van der Waals surface area contributed by atoms with E-state index in [9.17, 15) is 4.39 Å². The van der Waals surface area contributed by atoms with E-state index >= 15 is 0 Å². The van der Waals surface area contributed by atoms with E-state index in [1.54, 1.807) is 19.4 Å².